The Morgan fingerprint density at radius 1 is 1.38 bits per heavy atom. The van der Waals surface area contributed by atoms with E-state index in [0.717, 1.165) is 47.0 Å². The van der Waals surface area contributed by atoms with Crippen LogP contribution in [0.3, 0.4) is 0 Å². The van der Waals surface area contributed by atoms with Crippen molar-refractivity contribution in [3.8, 4) is 6.07 Å². The van der Waals surface area contributed by atoms with E-state index in [4.69, 9.17) is 5.26 Å². The van der Waals surface area contributed by atoms with Crippen molar-refractivity contribution in [1.82, 2.24) is 19.7 Å². The van der Waals surface area contributed by atoms with Crippen molar-refractivity contribution in [2.75, 3.05) is 23.7 Å². The first-order valence-electron chi connectivity index (χ1n) is 8.40. The lowest BCUT2D eigenvalue weighted by molar-refractivity contribution is 0.467. The lowest BCUT2D eigenvalue weighted by atomic mass is 10.0. The highest BCUT2D eigenvalue weighted by molar-refractivity contribution is 7.89. The van der Waals surface area contributed by atoms with Gasteiger partial charge in [-0.15, -0.1) is 0 Å². The Hall–Kier alpha value is -2.70. The van der Waals surface area contributed by atoms with E-state index in [1.807, 2.05) is 18.3 Å². The molecule has 0 radical (unpaired) electrons. The van der Waals surface area contributed by atoms with Gasteiger partial charge >= 0.3 is 0 Å². The van der Waals surface area contributed by atoms with Gasteiger partial charge in [0, 0.05) is 48.0 Å². The summed E-state index contributed by atoms with van der Waals surface area (Å²) in [6, 6.07) is 5.42. The van der Waals surface area contributed by atoms with Crippen LogP contribution in [-0.2, 0) is 10.0 Å². The highest BCUT2D eigenvalue weighted by atomic mass is 32.2. The third-order valence-corrected chi connectivity index (χ3v) is 5.83. The molecule has 4 heterocycles. The summed E-state index contributed by atoms with van der Waals surface area (Å²) in [4.78, 5) is 14.1. The minimum absolute atomic E-state index is 0.214. The van der Waals surface area contributed by atoms with Crippen molar-refractivity contribution < 1.29 is 8.42 Å². The Balaban J connectivity index is 1.69. The highest BCUT2D eigenvalue weighted by Crippen LogP contribution is 2.32. The number of aromatic nitrogens is 3. The lowest BCUT2D eigenvalue weighted by Crippen LogP contribution is -2.48. The van der Waals surface area contributed by atoms with Gasteiger partial charge in [-0.1, -0.05) is 0 Å². The molecule has 1 aliphatic heterocycles. The van der Waals surface area contributed by atoms with Gasteiger partial charge in [-0.2, -0.15) is 5.26 Å². The number of pyridine rings is 2. The van der Waals surface area contributed by atoms with Crippen LogP contribution in [-0.4, -0.2) is 48.3 Å². The molecule has 3 aromatic rings. The molecule has 1 saturated heterocycles. The molecular formula is C17H18N6O2S. The molecule has 1 atom stereocenters. The van der Waals surface area contributed by atoms with Gasteiger partial charge in [0.1, 0.15) is 5.65 Å². The summed E-state index contributed by atoms with van der Waals surface area (Å²) in [5.74, 6) is -0.517. The second-order valence-corrected chi connectivity index (χ2v) is 8.16. The number of sulfonamides is 1. The molecule has 134 valence electrons. The van der Waals surface area contributed by atoms with Crippen LogP contribution >= 0.6 is 0 Å². The molecule has 2 N–H and O–H groups in total. The number of fused-ring (bicyclic) bond motifs is 3. The molecule has 26 heavy (non-hydrogen) atoms. The van der Waals surface area contributed by atoms with Gasteiger partial charge in [-0.25, -0.2) is 18.1 Å². The first-order valence-corrected chi connectivity index (χ1v) is 10.1. The second kappa shape index (κ2) is 6.55. The maximum Gasteiger partial charge on any atom is 0.225 e. The fourth-order valence-corrected chi connectivity index (χ4v) is 4.53. The minimum atomic E-state index is -3.57. The number of aromatic amines is 1. The zero-order chi connectivity index (χ0) is 18.1. The third kappa shape index (κ3) is 3.09. The zero-order valence-electron chi connectivity index (χ0n) is 14.0. The monoisotopic (exact) mass is 370 g/mol. The van der Waals surface area contributed by atoms with Crippen LogP contribution in [0.25, 0.3) is 21.9 Å². The predicted molar refractivity (Wildman–Crippen MR) is 99.2 cm³/mol. The number of nitrogens with zero attached hydrogens (tertiary/aromatic N) is 4. The van der Waals surface area contributed by atoms with Crippen LogP contribution in [0.2, 0.25) is 0 Å². The molecule has 3 aromatic heterocycles. The summed E-state index contributed by atoms with van der Waals surface area (Å²) in [7, 11) is -3.57. The van der Waals surface area contributed by atoms with Gasteiger partial charge in [0.2, 0.25) is 10.0 Å². The van der Waals surface area contributed by atoms with Crippen LogP contribution < -0.4 is 9.62 Å². The molecule has 0 saturated carbocycles. The minimum Gasteiger partial charge on any atom is -0.369 e. The molecule has 0 amide bonds. The number of piperidine rings is 1. The van der Waals surface area contributed by atoms with E-state index >= 15 is 0 Å². The summed E-state index contributed by atoms with van der Waals surface area (Å²) in [5.41, 5.74) is 2.63. The smallest absolute Gasteiger partial charge is 0.225 e. The van der Waals surface area contributed by atoms with E-state index in [2.05, 4.69) is 24.6 Å². The van der Waals surface area contributed by atoms with Crippen LogP contribution in [0, 0.1) is 11.3 Å². The van der Waals surface area contributed by atoms with Crippen molar-refractivity contribution in [1.29, 1.82) is 5.26 Å². The molecule has 0 aliphatic carbocycles. The number of nitriles is 1. The average Bonchev–Trinajstić information content (AvgIpc) is 3.10. The molecule has 1 unspecified atom stereocenters. The lowest BCUT2D eigenvalue weighted by Gasteiger charge is -2.35. The standard InChI is InChI=1S/C17H18N6O2S/c18-5-9-26(24,25)22-12-2-1-8-23(11-12)15-4-7-19-14-10-21-17-13(16(14)15)3-6-20-17/h3-4,6-7,10,12,22H,1-2,8-9,11H2,(H,20,21). The molecule has 0 aromatic carbocycles. The number of rotatable bonds is 4. The van der Waals surface area contributed by atoms with Crippen LogP contribution in [0.5, 0.6) is 0 Å². The quantitative estimate of drug-likeness (QED) is 0.720. The SMILES string of the molecule is N#CCS(=O)(=O)NC1CCCN(c2ccnc3cnc4[nH]ccc4c23)C1. The number of hydrogen-bond acceptors (Lipinski definition) is 6. The van der Waals surface area contributed by atoms with E-state index < -0.39 is 15.8 Å². The van der Waals surface area contributed by atoms with Crippen molar-refractivity contribution in [3.63, 3.8) is 0 Å². The molecule has 9 heteroatoms. The van der Waals surface area contributed by atoms with E-state index in [1.165, 1.54) is 0 Å². The first kappa shape index (κ1) is 16.8. The Kier molecular flexibility index (Phi) is 4.22. The molecular weight excluding hydrogens is 352 g/mol. The van der Waals surface area contributed by atoms with E-state index in [1.54, 1.807) is 18.5 Å². The molecule has 8 nitrogen and oxygen atoms in total. The fourth-order valence-electron chi connectivity index (χ4n) is 3.57. The summed E-state index contributed by atoms with van der Waals surface area (Å²) < 4.78 is 26.5. The number of nitrogens with one attached hydrogen (secondary N) is 2. The van der Waals surface area contributed by atoms with Gasteiger partial charge in [-0.3, -0.25) is 4.98 Å². The summed E-state index contributed by atoms with van der Waals surface area (Å²) in [5, 5.41) is 10.7. The topological polar surface area (TPSA) is 115 Å². The zero-order valence-corrected chi connectivity index (χ0v) is 14.8. The largest absolute Gasteiger partial charge is 0.369 e. The van der Waals surface area contributed by atoms with Crippen molar-refractivity contribution >= 4 is 37.6 Å². The predicted octanol–water partition coefficient (Wildman–Crippen LogP) is 1.52. The molecule has 0 bridgehead atoms. The van der Waals surface area contributed by atoms with Crippen LogP contribution in [0.1, 0.15) is 12.8 Å². The Morgan fingerprint density at radius 2 is 2.27 bits per heavy atom. The fraction of sp³-hybridized carbons (Fsp3) is 0.353. The van der Waals surface area contributed by atoms with E-state index in [9.17, 15) is 8.42 Å². The first-order chi connectivity index (χ1) is 12.6. The van der Waals surface area contributed by atoms with Crippen molar-refractivity contribution in [2.45, 2.75) is 18.9 Å². The van der Waals surface area contributed by atoms with E-state index in [-0.39, 0.29) is 6.04 Å². The van der Waals surface area contributed by atoms with Gasteiger partial charge < -0.3 is 9.88 Å². The maximum absolute atomic E-state index is 11.9. The van der Waals surface area contributed by atoms with Crippen molar-refractivity contribution in [3.05, 3.63) is 30.7 Å². The number of H-pyrrole nitrogens is 1. The van der Waals surface area contributed by atoms with Gasteiger partial charge in [0.05, 0.1) is 17.8 Å². The Morgan fingerprint density at radius 3 is 3.12 bits per heavy atom. The molecule has 1 fully saturated rings. The second-order valence-electron chi connectivity index (χ2n) is 6.41. The average molecular weight is 370 g/mol. The van der Waals surface area contributed by atoms with Crippen LogP contribution in [0.15, 0.2) is 30.7 Å². The van der Waals surface area contributed by atoms with Gasteiger partial charge in [0.25, 0.3) is 0 Å². The highest BCUT2D eigenvalue weighted by Gasteiger charge is 2.25. The van der Waals surface area contributed by atoms with Crippen LogP contribution in [0.4, 0.5) is 5.69 Å². The van der Waals surface area contributed by atoms with Gasteiger partial charge in [-0.05, 0) is 25.0 Å². The van der Waals surface area contributed by atoms with Gasteiger partial charge in [0.15, 0.2) is 5.75 Å². The Labute approximate surface area is 150 Å². The maximum atomic E-state index is 11.9. The number of hydrogen-bond donors (Lipinski definition) is 2. The third-order valence-electron chi connectivity index (χ3n) is 4.63. The Bertz CT molecular complexity index is 1100. The normalized spacial score (nSPS) is 18.3. The number of anilines is 1. The van der Waals surface area contributed by atoms with Crippen molar-refractivity contribution in [2.24, 2.45) is 0 Å². The molecule has 4 rings (SSSR count). The van der Waals surface area contributed by atoms with E-state index in [0.29, 0.717) is 6.54 Å². The summed E-state index contributed by atoms with van der Waals surface area (Å²) in [6.07, 6.45) is 6.97. The summed E-state index contributed by atoms with van der Waals surface area (Å²) in [6.45, 7) is 1.39. The summed E-state index contributed by atoms with van der Waals surface area (Å²) >= 11 is 0. The molecule has 0 spiro atoms. The molecule has 1 aliphatic rings.